The molecule has 8 heteroatoms. The van der Waals surface area contributed by atoms with E-state index in [-0.39, 0.29) is 22.9 Å². The van der Waals surface area contributed by atoms with Crippen LogP contribution in [0.2, 0.25) is 5.02 Å². The number of hydrogen-bond donors (Lipinski definition) is 2. The van der Waals surface area contributed by atoms with Crippen LogP contribution < -0.4 is 4.72 Å². The summed E-state index contributed by atoms with van der Waals surface area (Å²) < 4.78 is 28.1. The number of hydrogen-bond acceptors (Lipinski definition) is 4. The Morgan fingerprint density at radius 2 is 1.77 bits per heavy atom. The molecule has 1 atom stereocenters. The van der Waals surface area contributed by atoms with Gasteiger partial charge >= 0.3 is 5.97 Å². The van der Waals surface area contributed by atoms with Gasteiger partial charge in [-0.15, -0.1) is 0 Å². The van der Waals surface area contributed by atoms with Crippen molar-refractivity contribution in [1.29, 1.82) is 0 Å². The minimum Gasteiger partial charge on any atom is -0.478 e. The first-order valence-corrected chi connectivity index (χ1v) is 11.3. The maximum Gasteiger partial charge on any atom is 0.331 e. The van der Waals surface area contributed by atoms with Crippen LogP contribution in [0.25, 0.3) is 6.08 Å². The lowest BCUT2D eigenvalue weighted by Crippen LogP contribution is -2.29. The third-order valence-corrected chi connectivity index (χ3v) is 6.44. The van der Waals surface area contributed by atoms with E-state index >= 15 is 0 Å². The molecule has 0 spiro atoms. The highest BCUT2D eigenvalue weighted by atomic mass is 35.5. The zero-order chi connectivity index (χ0) is 22.4. The van der Waals surface area contributed by atoms with Gasteiger partial charge in [0.25, 0.3) is 0 Å². The maximum absolute atomic E-state index is 12.7. The Morgan fingerprint density at radius 1 is 1.10 bits per heavy atom. The van der Waals surface area contributed by atoms with Gasteiger partial charge in [-0.2, -0.15) is 0 Å². The standard InChI is InChI=1S/C23H21ClN2O4S/c1-16(23(27)28)13-17-4-6-18(7-5-17)22(19-3-2-12-25-14-19)15-26-31(29,30)21-10-8-20(24)9-11-21/h2-14,22,26H,15H2,1H3,(H,27,28)/b16-13+. The zero-order valence-electron chi connectivity index (χ0n) is 16.7. The lowest BCUT2D eigenvalue weighted by atomic mass is 9.92. The Labute approximate surface area is 186 Å². The molecule has 0 aliphatic rings. The zero-order valence-corrected chi connectivity index (χ0v) is 18.3. The third-order valence-electron chi connectivity index (χ3n) is 4.75. The van der Waals surface area contributed by atoms with Crippen LogP contribution in [-0.4, -0.2) is 31.0 Å². The Balaban J connectivity index is 1.87. The first-order valence-electron chi connectivity index (χ1n) is 9.43. The molecule has 6 nitrogen and oxygen atoms in total. The first kappa shape index (κ1) is 22.7. The van der Waals surface area contributed by atoms with Crippen LogP contribution in [0.1, 0.15) is 29.5 Å². The second-order valence-electron chi connectivity index (χ2n) is 6.94. The topological polar surface area (TPSA) is 96.4 Å². The van der Waals surface area contributed by atoms with Crippen LogP contribution in [-0.2, 0) is 14.8 Å². The summed E-state index contributed by atoms with van der Waals surface area (Å²) in [6.45, 7) is 1.65. The molecule has 0 fully saturated rings. The third kappa shape index (κ3) is 6.01. The van der Waals surface area contributed by atoms with E-state index in [0.29, 0.717) is 5.02 Å². The smallest absolute Gasteiger partial charge is 0.331 e. The van der Waals surface area contributed by atoms with E-state index in [0.717, 1.165) is 16.7 Å². The average Bonchev–Trinajstić information content (AvgIpc) is 2.76. The first-order chi connectivity index (χ1) is 14.8. The van der Waals surface area contributed by atoms with Crippen LogP contribution in [0.15, 0.2) is 83.5 Å². The fourth-order valence-electron chi connectivity index (χ4n) is 3.04. The van der Waals surface area contributed by atoms with Crippen molar-refractivity contribution in [3.05, 3.63) is 100 Å². The normalized spacial score (nSPS) is 13.0. The van der Waals surface area contributed by atoms with Gasteiger partial charge in [0.2, 0.25) is 10.0 Å². The second-order valence-corrected chi connectivity index (χ2v) is 9.15. The molecule has 1 aromatic heterocycles. The van der Waals surface area contributed by atoms with Crippen molar-refractivity contribution in [2.75, 3.05) is 6.54 Å². The predicted molar refractivity (Wildman–Crippen MR) is 120 cm³/mol. The van der Waals surface area contributed by atoms with Gasteiger partial charge in [-0.1, -0.05) is 41.9 Å². The quantitative estimate of drug-likeness (QED) is 0.492. The van der Waals surface area contributed by atoms with Crippen LogP contribution in [0.3, 0.4) is 0 Å². The van der Waals surface area contributed by atoms with Crippen molar-refractivity contribution >= 4 is 33.7 Å². The van der Waals surface area contributed by atoms with Crippen LogP contribution in [0.4, 0.5) is 0 Å². The molecule has 2 aromatic carbocycles. The Bertz CT molecular complexity index is 1180. The summed E-state index contributed by atoms with van der Waals surface area (Å²) in [7, 11) is -3.73. The second kappa shape index (κ2) is 9.87. The number of aliphatic carboxylic acids is 1. The van der Waals surface area contributed by atoms with Crippen molar-refractivity contribution < 1.29 is 18.3 Å². The number of benzene rings is 2. The summed E-state index contributed by atoms with van der Waals surface area (Å²) in [6, 6.07) is 17.0. The van der Waals surface area contributed by atoms with Gasteiger partial charge in [0.05, 0.1) is 4.90 Å². The number of nitrogens with one attached hydrogen (secondary N) is 1. The van der Waals surface area contributed by atoms with E-state index in [1.807, 2.05) is 18.2 Å². The lowest BCUT2D eigenvalue weighted by Gasteiger charge is -2.19. The highest BCUT2D eigenvalue weighted by molar-refractivity contribution is 7.89. The van der Waals surface area contributed by atoms with Crippen LogP contribution >= 0.6 is 11.6 Å². The molecule has 0 saturated carbocycles. The van der Waals surface area contributed by atoms with Gasteiger partial charge in [0, 0.05) is 35.5 Å². The number of rotatable bonds is 8. The number of halogens is 1. The molecular formula is C23H21ClN2O4S. The Kier molecular flexibility index (Phi) is 7.22. The van der Waals surface area contributed by atoms with Crippen molar-refractivity contribution in [1.82, 2.24) is 9.71 Å². The van der Waals surface area contributed by atoms with Crippen LogP contribution in [0, 0.1) is 0 Å². The predicted octanol–water partition coefficient (Wildman–Crippen LogP) is 4.33. The van der Waals surface area contributed by atoms with E-state index in [2.05, 4.69) is 9.71 Å². The summed E-state index contributed by atoms with van der Waals surface area (Å²) in [5, 5.41) is 9.50. The summed E-state index contributed by atoms with van der Waals surface area (Å²) in [6.07, 6.45) is 4.93. The highest BCUT2D eigenvalue weighted by Gasteiger charge is 2.20. The van der Waals surface area contributed by atoms with Crippen molar-refractivity contribution in [2.24, 2.45) is 0 Å². The van der Waals surface area contributed by atoms with E-state index in [9.17, 15) is 13.2 Å². The van der Waals surface area contributed by atoms with Gasteiger partial charge in [0.1, 0.15) is 0 Å². The van der Waals surface area contributed by atoms with Gasteiger partial charge in [-0.3, -0.25) is 4.98 Å². The molecule has 0 saturated heterocycles. The monoisotopic (exact) mass is 456 g/mol. The molecule has 1 heterocycles. The Hall–Kier alpha value is -3.00. The molecule has 0 aliphatic heterocycles. The van der Waals surface area contributed by atoms with Crippen LogP contribution in [0.5, 0.6) is 0 Å². The molecule has 0 radical (unpaired) electrons. The number of pyridine rings is 1. The molecule has 1 unspecified atom stereocenters. The molecule has 0 aliphatic carbocycles. The number of carbonyl (C=O) groups is 1. The van der Waals surface area contributed by atoms with Crippen molar-refractivity contribution in [3.63, 3.8) is 0 Å². The lowest BCUT2D eigenvalue weighted by molar-refractivity contribution is -0.132. The van der Waals surface area contributed by atoms with E-state index in [4.69, 9.17) is 16.7 Å². The fourth-order valence-corrected chi connectivity index (χ4v) is 4.21. The molecular weight excluding hydrogens is 436 g/mol. The van der Waals surface area contributed by atoms with Crippen molar-refractivity contribution in [2.45, 2.75) is 17.7 Å². The summed E-state index contributed by atoms with van der Waals surface area (Å²) in [4.78, 5) is 15.3. The molecule has 3 rings (SSSR count). The molecule has 0 bridgehead atoms. The largest absolute Gasteiger partial charge is 0.478 e. The molecule has 31 heavy (non-hydrogen) atoms. The van der Waals surface area contributed by atoms with Gasteiger partial charge < -0.3 is 5.11 Å². The van der Waals surface area contributed by atoms with E-state index < -0.39 is 16.0 Å². The maximum atomic E-state index is 12.7. The van der Waals surface area contributed by atoms with Gasteiger partial charge in [0.15, 0.2) is 0 Å². The summed E-state index contributed by atoms with van der Waals surface area (Å²) >= 11 is 5.85. The summed E-state index contributed by atoms with van der Waals surface area (Å²) in [5.74, 6) is -1.26. The van der Waals surface area contributed by atoms with Crippen molar-refractivity contribution in [3.8, 4) is 0 Å². The minimum absolute atomic E-state index is 0.125. The van der Waals surface area contributed by atoms with E-state index in [1.54, 1.807) is 36.7 Å². The number of carboxylic acids is 1. The number of sulfonamides is 1. The molecule has 0 amide bonds. The number of nitrogens with zero attached hydrogens (tertiary/aromatic N) is 1. The minimum atomic E-state index is -3.73. The molecule has 2 N–H and O–H groups in total. The number of carboxylic acid groups (broad SMARTS) is 1. The molecule has 3 aromatic rings. The number of aromatic nitrogens is 1. The van der Waals surface area contributed by atoms with E-state index in [1.165, 1.54) is 31.2 Å². The Morgan fingerprint density at radius 3 is 2.35 bits per heavy atom. The van der Waals surface area contributed by atoms with Gasteiger partial charge in [-0.25, -0.2) is 17.9 Å². The summed E-state index contributed by atoms with van der Waals surface area (Å²) in [5.41, 5.74) is 2.70. The highest BCUT2D eigenvalue weighted by Crippen LogP contribution is 2.25. The SMILES string of the molecule is C/C(=C\c1ccc(C(CNS(=O)(=O)c2ccc(Cl)cc2)c2cccnc2)cc1)C(=O)O. The average molecular weight is 457 g/mol. The molecule has 160 valence electrons. The van der Waals surface area contributed by atoms with Gasteiger partial charge in [-0.05, 0) is 60.0 Å². The fraction of sp³-hybridized carbons (Fsp3) is 0.130.